The largest absolute Gasteiger partial charge is 0.456 e. The smallest absolute Gasteiger partial charge is 0.159 e. The Labute approximate surface area is 303 Å². The lowest BCUT2D eigenvalue weighted by atomic mass is 10.0. The molecule has 11 rings (SSSR count). The van der Waals surface area contributed by atoms with Crippen molar-refractivity contribution in [3.8, 4) is 22.3 Å². The predicted octanol–water partition coefficient (Wildman–Crippen LogP) is 14.7. The summed E-state index contributed by atoms with van der Waals surface area (Å²) in [7, 11) is 0. The maximum atomic E-state index is 6.57. The number of thiophene rings is 1. The standard InChI is InChI=1S/C48H29NO2S/c1-4-13-43-36(8-1)38-26-20-32(28-45(38)50-43)30-16-22-34(23-17-30)49(42-12-7-11-41-37-9-2-5-14-44(37)51-48(41)42)35-24-18-31(19-25-35)33-21-27-40-39-10-3-6-15-46(39)52-47(40)29-33/h1-29H. The van der Waals surface area contributed by atoms with Crippen LogP contribution in [-0.2, 0) is 0 Å². The number of nitrogens with zero attached hydrogens (tertiary/aromatic N) is 1. The van der Waals surface area contributed by atoms with Gasteiger partial charge in [-0.2, -0.15) is 0 Å². The fourth-order valence-corrected chi connectivity index (χ4v) is 8.90. The minimum atomic E-state index is 0.863. The second-order valence-corrected chi connectivity index (χ2v) is 14.4. The molecule has 11 aromatic rings. The van der Waals surface area contributed by atoms with Crippen LogP contribution < -0.4 is 4.90 Å². The van der Waals surface area contributed by atoms with Gasteiger partial charge in [0.25, 0.3) is 0 Å². The van der Waals surface area contributed by atoms with Crippen LogP contribution >= 0.6 is 11.3 Å². The third-order valence-electron chi connectivity index (χ3n) is 10.3. The fourth-order valence-electron chi connectivity index (χ4n) is 7.75. The number of anilines is 3. The molecule has 0 unspecified atom stereocenters. The SMILES string of the molecule is c1ccc2c(c1)oc1cc(-c3ccc(N(c4ccc(-c5ccc6c(c5)sc5ccccc56)cc4)c4cccc5c4oc4ccccc45)cc3)ccc12. The molecular formula is C48H29NO2S. The summed E-state index contributed by atoms with van der Waals surface area (Å²) in [4.78, 5) is 2.30. The molecule has 0 bridgehead atoms. The number of fused-ring (bicyclic) bond motifs is 9. The molecule has 8 aromatic carbocycles. The van der Waals surface area contributed by atoms with E-state index in [9.17, 15) is 0 Å². The summed E-state index contributed by atoms with van der Waals surface area (Å²) in [5.41, 5.74) is 11.3. The van der Waals surface area contributed by atoms with Crippen molar-refractivity contribution in [1.82, 2.24) is 0 Å². The summed E-state index contributed by atoms with van der Waals surface area (Å²) in [6, 6.07) is 62.5. The highest BCUT2D eigenvalue weighted by Crippen LogP contribution is 2.43. The van der Waals surface area contributed by atoms with Crippen LogP contribution in [-0.4, -0.2) is 0 Å². The van der Waals surface area contributed by atoms with Crippen molar-refractivity contribution in [2.45, 2.75) is 0 Å². The summed E-state index contributed by atoms with van der Waals surface area (Å²) < 4.78 is 15.4. The Bertz CT molecular complexity index is 2970. The van der Waals surface area contributed by atoms with Crippen molar-refractivity contribution in [1.29, 1.82) is 0 Å². The van der Waals surface area contributed by atoms with E-state index >= 15 is 0 Å². The van der Waals surface area contributed by atoms with Gasteiger partial charge in [-0.15, -0.1) is 11.3 Å². The van der Waals surface area contributed by atoms with Gasteiger partial charge in [-0.1, -0.05) is 109 Å². The fraction of sp³-hybridized carbons (Fsp3) is 0. The van der Waals surface area contributed by atoms with Crippen LogP contribution in [0.5, 0.6) is 0 Å². The Morgan fingerprint density at radius 2 is 0.865 bits per heavy atom. The lowest BCUT2D eigenvalue weighted by molar-refractivity contribution is 0.668. The Balaban J connectivity index is 1.01. The quantitative estimate of drug-likeness (QED) is 0.181. The zero-order valence-corrected chi connectivity index (χ0v) is 28.7. The van der Waals surface area contributed by atoms with Gasteiger partial charge in [-0.3, -0.25) is 0 Å². The molecule has 0 spiro atoms. The van der Waals surface area contributed by atoms with E-state index < -0.39 is 0 Å². The van der Waals surface area contributed by atoms with E-state index in [4.69, 9.17) is 8.83 Å². The number of benzene rings is 8. The topological polar surface area (TPSA) is 29.5 Å². The molecule has 0 fully saturated rings. The lowest BCUT2D eigenvalue weighted by Gasteiger charge is -2.26. The van der Waals surface area contributed by atoms with Crippen LogP contribution in [0.2, 0.25) is 0 Å². The first-order valence-electron chi connectivity index (χ1n) is 17.5. The van der Waals surface area contributed by atoms with E-state index in [1.54, 1.807) is 0 Å². The van der Waals surface area contributed by atoms with Gasteiger partial charge in [-0.05, 0) is 89.0 Å². The van der Waals surface area contributed by atoms with Gasteiger partial charge >= 0.3 is 0 Å². The molecule has 4 heteroatoms. The normalized spacial score (nSPS) is 11.8. The molecule has 3 heterocycles. The number of furan rings is 2. The van der Waals surface area contributed by atoms with Crippen LogP contribution in [0.1, 0.15) is 0 Å². The number of rotatable bonds is 5. The highest BCUT2D eigenvalue weighted by Gasteiger charge is 2.20. The number of para-hydroxylation sites is 3. The zero-order valence-electron chi connectivity index (χ0n) is 27.9. The van der Waals surface area contributed by atoms with E-state index in [1.807, 2.05) is 35.6 Å². The molecule has 0 aliphatic carbocycles. The van der Waals surface area contributed by atoms with E-state index in [0.29, 0.717) is 0 Å². The van der Waals surface area contributed by atoms with E-state index in [-0.39, 0.29) is 0 Å². The first-order chi connectivity index (χ1) is 25.7. The van der Waals surface area contributed by atoms with Crippen LogP contribution in [0, 0.1) is 0 Å². The molecule has 0 aliphatic rings. The molecule has 244 valence electrons. The van der Waals surface area contributed by atoms with Crippen molar-refractivity contribution >= 4 is 92.4 Å². The Morgan fingerprint density at radius 3 is 1.60 bits per heavy atom. The molecule has 3 nitrogen and oxygen atoms in total. The first kappa shape index (κ1) is 29.1. The lowest BCUT2D eigenvalue weighted by Crippen LogP contribution is -2.10. The Morgan fingerprint density at radius 1 is 0.346 bits per heavy atom. The number of hydrogen-bond donors (Lipinski definition) is 0. The Kier molecular flexibility index (Phi) is 6.42. The zero-order chi connectivity index (χ0) is 34.2. The minimum Gasteiger partial charge on any atom is -0.456 e. The van der Waals surface area contributed by atoms with E-state index in [2.05, 4.69) is 157 Å². The third-order valence-corrected chi connectivity index (χ3v) is 11.4. The Hall–Kier alpha value is -6.62. The monoisotopic (exact) mass is 683 g/mol. The van der Waals surface area contributed by atoms with Gasteiger partial charge in [0.1, 0.15) is 16.7 Å². The van der Waals surface area contributed by atoms with Crippen molar-refractivity contribution in [2.75, 3.05) is 4.90 Å². The van der Waals surface area contributed by atoms with Gasteiger partial charge in [0.15, 0.2) is 5.58 Å². The third kappa shape index (κ3) is 4.58. The second kappa shape index (κ2) is 11.5. The second-order valence-electron chi connectivity index (χ2n) is 13.3. The van der Waals surface area contributed by atoms with Gasteiger partial charge < -0.3 is 13.7 Å². The molecule has 0 N–H and O–H groups in total. The molecule has 0 saturated heterocycles. The van der Waals surface area contributed by atoms with Gasteiger partial charge in [0.2, 0.25) is 0 Å². The first-order valence-corrected chi connectivity index (χ1v) is 18.3. The van der Waals surface area contributed by atoms with Crippen molar-refractivity contribution in [3.63, 3.8) is 0 Å². The highest BCUT2D eigenvalue weighted by atomic mass is 32.1. The molecule has 0 atom stereocenters. The average molecular weight is 684 g/mol. The molecule has 0 amide bonds. The summed E-state index contributed by atoms with van der Waals surface area (Å²) >= 11 is 1.85. The minimum absolute atomic E-state index is 0.863. The summed E-state index contributed by atoms with van der Waals surface area (Å²) in [5.74, 6) is 0. The maximum absolute atomic E-state index is 6.57. The molecular weight excluding hydrogens is 655 g/mol. The molecule has 52 heavy (non-hydrogen) atoms. The van der Waals surface area contributed by atoms with Crippen molar-refractivity contribution in [2.24, 2.45) is 0 Å². The van der Waals surface area contributed by atoms with Crippen LogP contribution in [0.25, 0.3) is 86.3 Å². The average Bonchev–Trinajstić information content (AvgIpc) is 3.89. The van der Waals surface area contributed by atoms with Gasteiger partial charge in [-0.25, -0.2) is 0 Å². The molecule has 0 aliphatic heterocycles. The van der Waals surface area contributed by atoms with Crippen molar-refractivity contribution < 1.29 is 8.83 Å². The van der Waals surface area contributed by atoms with Crippen LogP contribution in [0.3, 0.4) is 0 Å². The summed E-state index contributed by atoms with van der Waals surface area (Å²) in [6.07, 6.45) is 0. The van der Waals surface area contributed by atoms with Crippen LogP contribution in [0.15, 0.2) is 185 Å². The van der Waals surface area contributed by atoms with Gasteiger partial charge in [0, 0.05) is 53.1 Å². The molecule has 0 saturated carbocycles. The van der Waals surface area contributed by atoms with E-state index in [1.165, 1.54) is 31.3 Å². The summed E-state index contributed by atoms with van der Waals surface area (Å²) in [6.45, 7) is 0. The maximum Gasteiger partial charge on any atom is 0.159 e. The van der Waals surface area contributed by atoms with E-state index in [0.717, 1.165) is 72.1 Å². The molecule has 3 aromatic heterocycles. The predicted molar refractivity (Wildman–Crippen MR) is 219 cm³/mol. The number of hydrogen-bond acceptors (Lipinski definition) is 4. The highest BCUT2D eigenvalue weighted by molar-refractivity contribution is 7.25. The molecule has 0 radical (unpaired) electrons. The van der Waals surface area contributed by atoms with Gasteiger partial charge in [0.05, 0.1) is 5.69 Å². The summed E-state index contributed by atoms with van der Waals surface area (Å²) in [5, 5.41) is 7.12. The van der Waals surface area contributed by atoms with Crippen LogP contribution in [0.4, 0.5) is 17.1 Å². The van der Waals surface area contributed by atoms with Crippen molar-refractivity contribution in [3.05, 3.63) is 176 Å².